The summed E-state index contributed by atoms with van der Waals surface area (Å²) in [6.45, 7) is 8.33. The minimum Gasteiger partial charge on any atom is -0.381 e. The van der Waals surface area contributed by atoms with Crippen LogP contribution in [0.3, 0.4) is 0 Å². The van der Waals surface area contributed by atoms with E-state index < -0.39 is 0 Å². The van der Waals surface area contributed by atoms with E-state index in [1.165, 1.54) is 29.7 Å². The van der Waals surface area contributed by atoms with Crippen molar-refractivity contribution in [2.24, 2.45) is 5.92 Å². The maximum Gasteiger partial charge on any atom is 0.222 e. The van der Waals surface area contributed by atoms with Gasteiger partial charge in [-0.2, -0.15) is 0 Å². The summed E-state index contributed by atoms with van der Waals surface area (Å²) >= 11 is 0. The van der Waals surface area contributed by atoms with Gasteiger partial charge in [0, 0.05) is 31.2 Å². The zero-order valence-electron chi connectivity index (χ0n) is 16.1. The quantitative estimate of drug-likeness (QED) is 0.910. The lowest BCUT2D eigenvalue weighted by atomic mass is 9.92. The van der Waals surface area contributed by atoms with Crippen molar-refractivity contribution in [2.75, 3.05) is 38.5 Å². The van der Waals surface area contributed by atoms with Crippen molar-refractivity contribution in [3.63, 3.8) is 0 Å². The van der Waals surface area contributed by atoms with Crippen LogP contribution in [0.4, 0.5) is 5.69 Å². The average molecular weight is 344 g/mol. The molecule has 0 aromatic heterocycles. The smallest absolute Gasteiger partial charge is 0.222 e. The Bertz CT molecular complexity index is 593. The van der Waals surface area contributed by atoms with Crippen molar-refractivity contribution in [1.29, 1.82) is 0 Å². The fraction of sp³-hybridized carbons (Fsp3) is 0.667. The van der Waals surface area contributed by atoms with Gasteiger partial charge in [-0.05, 0) is 88.8 Å². The second kappa shape index (κ2) is 8.22. The van der Waals surface area contributed by atoms with Gasteiger partial charge in [0.15, 0.2) is 0 Å². The Kier molecular flexibility index (Phi) is 6.00. The predicted molar refractivity (Wildman–Crippen MR) is 104 cm³/mol. The maximum atomic E-state index is 12.7. The molecule has 4 heteroatoms. The normalized spacial score (nSPS) is 22.8. The molecule has 2 aliphatic rings. The summed E-state index contributed by atoms with van der Waals surface area (Å²) in [4.78, 5) is 17.2. The Balaban J connectivity index is 1.51. The number of aryl methyl sites for hydroxylation is 2. The topological polar surface area (TPSA) is 35.6 Å². The Hall–Kier alpha value is -1.55. The molecule has 3 rings (SSSR count). The molecule has 1 atom stereocenters. The van der Waals surface area contributed by atoms with Gasteiger partial charge in [-0.15, -0.1) is 0 Å². The summed E-state index contributed by atoms with van der Waals surface area (Å²) in [7, 11) is 2.17. The first-order valence-corrected chi connectivity index (χ1v) is 9.81. The second-order valence-corrected chi connectivity index (χ2v) is 8.07. The van der Waals surface area contributed by atoms with Crippen LogP contribution >= 0.6 is 0 Å². The number of amides is 1. The van der Waals surface area contributed by atoms with Crippen molar-refractivity contribution in [3.05, 3.63) is 29.3 Å². The number of benzene rings is 1. The van der Waals surface area contributed by atoms with Crippen molar-refractivity contribution < 1.29 is 4.79 Å². The van der Waals surface area contributed by atoms with E-state index in [0.717, 1.165) is 45.4 Å². The lowest BCUT2D eigenvalue weighted by molar-refractivity contribution is -0.133. The van der Waals surface area contributed by atoms with E-state index >= 15 is 0 Å². The number of rotatable bonds is 4. The molecule has 0 saturated carbocycles. The Morgan fingerprint density at radius 1 is 1.12 bits per heavy atom. The molecule has 0 spiro atoms. The van der Waals surface area contributed by atoms with Gasteiger partial charge in [0.25, 0.3) is 0 Å². The number of likely N-dealkylation sites (tertiary alicyclic amines) is 2. The molecule has 4 nitrogen and oxygen atoms in total. The number of hydrogen-bond acceptors (Lipinski definition) is 3. The Labute approximate surface area is 152 Å². The molecule has 2 fully saturated rings. The third kappa shape index (κ3) is 4.97. The first kappa shape index (κ1) is 18.2. The largest absolute Gasteiger partial charge is 0.381 e. The number of carbonyl (C=O) groups excluding carboxylic acids is 1. The SMILES string of the molecule is Cc1ccc(N[C@@H]2CCCN(C(=O)CC3CCN(C)CC3)C2)cc1C. The van der Waals surface area contributed by atoms with Gasteiger partial charge >= 0.3 is 0 Å². The van der Waals surface area contributed by atoms with Gasteiger partial charge in [0.05, 0.1) is 0 Å². The van der Waals surface area contributed by atoms with Crippen molar-refractivity contribution in [1.82, 2.24) is 9.80 Å². The third-order valence-electron chi connectivity index (χ3n) is 5.95. The molecule has 25 heavy (non-hydrogen) atoms. The number of piperidine rings is 2. The molecule has 2 heterocycles. The standard InChI is InChI=1S/C21H33N3O/c1-16-6-7-19(13-17(16)2)22-20-5-4-10-24(15-20)21(25)14-18-8-11-23(3)12-9-18/h6-7,13,18,20,22H,4-5,8-12,14-15H2,1-3H3/t20-/m1/s1. The summed E-state index contributed by atoms with van der Waals surface area (Å²) < 4.78 is 0. The number of anilines is 1. The average Bonchev–Trinajstić information content (AvgIpc) is 2.60. The van der Waals surface area contributed by atoms with Crippen LogP contribution in [0.2, 0.25) is 0 Å². The fourth-order valence-electron chi connectivity index (χ4n) is 4.03. The minimum absolute atomic E-state index is 0.362. The molecule has 138 valence electrons. The Morgan fingerprint density at radius 3 is 2.60 bits per heavy atom. The lowest BCUT2D eigenvalue weighted by Crippen LogP contribution is -2.46. The zero-order valence-corrected chi connectivity index (χ0v) is 16.1. The van der Waals surface area contributed by atoms with Crippen molar-refractivity contribution in [3.8, 4) is 0 Å². The predicted octanol–water partition coefficient (Wildman–Crippen LogP) is 3.44. The second-order valence-electron chi connectivity index (χ2n) is 8.07. The molecular weight excluding hydrogens is 310 g/mol. The molecular formula is C21H33N3O. The van der Waals surface area contributed by atoms with Gasteiger partial charge in [0.1, 0.15) is 0 Å². The van der Waals surface area contributed by atoms with Crippen molar-refractivity contribution in [2.45, 2.75) is 52.0 Å². The van der Waals surface area contributed by atoms with Gasteiger partial charge < -0.3 is 15.1 Å². The monoisotopic (exact) mass is 343 g/mol. The molecule has 2 saturated heterocycles. The first-order chi connectivity index (χ1) is 12.0. The molecule has 1 N–H and O–H groups in total. The van der Waals surface area contributed by atoms with Crippen LogP contribution in [-0.2, 0) is 4.79 Å². The van der Waals surface area contributed by atoms with E-state index in [-0.39, 0.29) is 0 Å². The highest BCUT2D eigenvalue weighted by Gasteiger charge is 2.26. The molecule has 0 aliphatic carbocycles. The van der Waals surface area contributed by atoms with E-state index in [2.05, 4.69) is 54.2 Å². The molecule has 1 aromatic carbocycles. The third-order valence-corrected chi connectivity index (χ3v) is 5.95. The van der Waals surface area contributed by atoms with Gasteiger partial charge in [-0.25, -0.2) is 0 Å². The molecule has 1 aromatic rings. The van der Waals surface area contributed by atoms with Crippen LogP contribution in [0.5, 0.6) is 0 Å². The van der Waals surface area contributed by atoms with Crippen LogP contribution in [0.25, 0.3) is 0 Å². The fourth-order valence-corrected chi connectivity index (χ4v) is 4.03. The molecule has 0 radical (unpaired) electrons. The summed E-state index contributed by atoms with van der Waals surface area (Å²) in [6.07, 6.45) is 5.32. The van der Waals surface area contributed by atoms with E-state index in [9.17, 15) is 4.79 Å². The number of nitrogens with zero attached hydrogens (tertiary/aromatic N) is 2. The van der Waals surface area contributed by atoms with E-state index in [4.69, 9.17) is 0 Å². The van der Waals surface area contributed by atoms with Crippen LogP contribution in [0, 0.1) is 19.8 Å². The molecule has 0 bridgehead atoms. The number of carbonyl (C=O) groups is 1. The highest BCUT2D eigenvalue weighted by atomic mass is 16.2. The maximum absolute atomic E-state index is 12.7. The van der Waals surface area contributed by atoms with Crippen molar-refractivity contribution >= 4 is 11.6 Å². The highest BCUT2D eigenvalue weighted by molar-refractivity contribution is 5.76. The van der Waals surface area contributed by atoms with Gasteiger partial charge in [0.2, 0.25) is 5.91 Å². The van der Waals surface area contributed by atoms with E-state index in [1.54, 1.807) is 0 Å². The van der Waals surface area contributed by atoms with Crippen LogP contribution in [0.15, 0.2) is 18.2 Å². The van der Waals surface area contributed by atoms with Gasteiger partial charge in [-0.1, -0.05) is 6.07 Å². The minimum atomic E-state index is 0.362. The zero-order chi connectivity index (χ0) is 17.8. The number of hydrogen-bond donors (Lipinski definition) is 1. The molecule has 0 unspecified atom stereocenters. The van der Waals surface area contributed by atoms with E-state index in [0.29, 0.717) is 17.9 Å². The van der Waals surface area contributed by atoms with Gasteiger partial charge in [-0.3, -0.25) is 4.79 Å². The summed E-state index contributed by atoms with van der Waals surface area (Å²) in [6, 6.07) is 6.91. The number of nitrogens with one attached hydrogen (secondary N) is 1. The molecule has 2 aliphatic heterocycles. The lowest BCUT2D eigenvalue weighted by Gasteiger charge is -2.35. The highest BCUT2D eigenvalue weighted by Crippen LogP contribution is 2.23. The van der Waals surface area contributed by atoms with Crippen LogP contribution in [-0.4, -0.2) is 55.0 Å². The first-order valence-electron chi connectivity index (χ1n) is 9.81. The van der Waals surface area contributed by atoms with E-state index in [1.807, 2.05) is 0 Å². The molecule has 1 amide bonds. The summed E-state index contributed by atoms with van der Waals surface area (Å²) in [5.74, 6) is 0.943. The summed E-state index contributed by atoms with van der Waals surface area (Å²) in [5.41, 5.74) is 3.82. The Morgan fingerprint density at radius 2 is 1.88 bits per heavy atom. The van der Waals surface area contributed by atoms with Crippen LogP contribution < -0.4 is 5.32 Å². The van der Waals surface area contributed by atoms with Crippen LogP contribution in [0.1, 0.15) is 43.2 Å². The summed E-state index contributed by atoms with van der Waals surface area (Å²) in [5, 5.41) is 3.64.